The second-order valence-electron chi connectivity index (χ2n) is 5.56. The zero-order chi connectivity index (χ0) is 14.9. The molecule has 0 aliphatic carbocycles. The predicted molar refractivity (Wildman–Crippen MR) is 83.2 cm³/mol. The molecular weight excluding hydrogens is 320 g/mol. The van der Waals surface area contributed by atoms with Crippen LogP contribution in [0.25, 0.3) is 0 Å². The van der Waals surface area contributed by atoms with E-state index in [0.29, 0.717) is 23.3 Å². The highest BCUT2D eigenvalue weighted by Gasteiger charge is 2.34. The maximum atomic E-state index is 12.7. The summed E-state index contributed by atoms with van der Waals surface area (Å²) in [5.41, 5.74) is 0.627. The number of likely N-dealkylation sites (N-methyl/N-ethyl adjacent to an activating group) is 1. The molecule has 20 heavy (non-hydrogen) atoms. The molecule has 0 spiro atoms. The molecule has 110 valence electrons. The van der Waals surface area contributed by atoms with E-state index in [4.69, 9.17) is 4.74 Å². The maximum absolute atomic E-state index is 12.7. The third-order valence-electron chi connectivity index (χ3n) is 3.92. The van der Waals surface area contributed by atoms with Gasteiger partial charge in [-0.15, -0.1) is 0 Å². The normalized spacial score (nSPS) is 22.4. The van der Waals surface area contributed by atoms with Gasteiger partial charge in [0.25, 0.3) is 5.91 Å². The van der Waals surface area contributed by atoms with Gasteiger partial charge in [-0.25, -0.2) is 0 Å². The summed E-state index contributed by atoms with van der Waals surface area (Å²) in [5.74, 6) is 1.14. The molecule has 2 atom stereocenters. The van der Waals surface area contributed by atoms with Crippen LogP contribution in [0.1, 0.15) is 17.3 Å². The van der Waals surface area contributed by atoms with Crippen LogP contribution < -0.4 is 4.74 Å². The summed E-state index contributed by atoms with van der Waals surface area (Å²) in [5, 5.41) is 0. The first-order valence-electron chi connectivity index (χ1n) is 6.73. The van der Waals surface area contributed by atoms with Gasteiger partial charge in [-0.2, -0.15) is 0 Å². The molecule has 1 aliphatic rings. The molecule has 0 radical (unpaired) electrons. The van der Waals surface area contributed by atoms with E-state index >= 15 is 0 Å². The first-order chi connectivity index (χ1) is 9.43. The third kappa shape index (κ3) is 2.99. The van der Waals surface area contributed by atoms with Crippen LogP contribution in [-0.2, 0) is 0 Å². The molecule has 1 fully saturated rings. The lowest BCUT2D eigenvalue weighted by Crippen LogP contribution is -2.35. The van der Waals surface area contributed by atoms with E-state index in [2.05, 4.69) is 41.8 Å². The minimum absolute atomic E-state index is 0.0468. The number of nitrogens with zero attached hydrogens (tertiary/aromatic N) is 2. The fourth-order valence-electron chi connectivity index (χ4n) is 2.80. The van der Waals surface area contributed by atoms with E-state index in [9.17, 15) is 4.79 Å². The van der Waals surface area contributed by atoms with Gasteiger partial charge in [0.2, 0.25) is 0 Å². The molecule has 4 nitrogen and oxygen atoms in total. The quantitative estimate of drug-likeness (QED) is 0.847. The molecule has 1 saturated heterocycles. The Morgan fingerprint density at radius 2 is 2.10 bits per heavy atom. The highest BCUT2D eigenvalue weighted by atomic mass is 79.9. The molecule has 0 bridgehead atoms. The van der Waals surface area contributed by atoms with Crippen LogP contribution >= 0.6 is 15.9 Å². The van der Waals surface area contributed by atoms with Gasteiger partial charge in [0.1, 0.15) is 5.75 Å². The third-order valence-corrected chi connectivity index (χ3v) is 4.41. The van der Waals surface area contributed by atoms with Crippen LogP contribution in [0.4, 0.5) is 0 Å². The molecule has 0 N–H and O–H groups in total. The smallest absolute Gasteiger partial charge is 0.257 e. The SMILES string of the molecule is COc1cc(Br)ccc1C(=O)N1CC(C)C(N(C)C)C1. The lowest BCUT2D eigenvalue weighted by molar-refractivity contribution is 0.0778. The Kier molecular flexibility index (Phi) is 4.70. The second-order valence-corrected chi connectivity index (χ2v) is 6.48. The standard InChI is InChI=1S/C15H21BrN2O2/c1-10-8-18(9-13(10)17(2)3)15(19)12-6-5-11(16)7-14(12)20-4/h5-7,10,13H,8-9H2,1-4H3. The zero-order valence-corrected chi connectivity index (χ0v) is 14.0. The minimum Gasteiger partial charge on any atom is -0.496 e. The van der Waals surface area contributed by atoms with Crippen molar-refractivity contribution in [1.82, 2.24) is 9.80 Å². The van der Waals surface area contributed by atoms with Crippen LogP contribution in [0.3, 0.4) is 0 Å². The molecular formula is C15H21BrN2O2. The molecule has 0 saturated carbocycles. The highest BCUT2D eigenvalue weighted by molar-refractivity contribution is 9.10. The number of benzene rings is 1. The van der Waals surface area contributed by atoms with Crippen molar-refractivity contribution in [1.29, 1.82) is 0 Å². The van der Waals surface area contributed by atoms with Crippen molar-refractivity contribution in [2.45, 2.75) is 13.0 Å². The van der Waals surface area contributed by atoms with E-state index in [1.54, 1.807) is 7.11 Å². The van der Waals surface area contributed by atoms with E-state index in [-0.39, 0.29) is 5.91 Å². The molecule has 1 amide bonds. The summed E-state index contributed by atoms with van der Waals surface area (Å²) in [7, 11) is 5.72. The van der Waals surface area contributed by atoms with E-state index in [1.807, 2.05) is 23.1 Å². The van der Waals surface area contributed by atoms with Gasteiger partial charge in [-0.05, 0) is 38.2 Å². The van der Waals surface area contributed by atoms with Crippen LogP contribution in [0.2, 0.25) is 0 Å². The predicted octanol–water partition coefficient (Wildman–Crippen LogP) is 2.48. The topological polar surface area (TPSA) is 32.8 Å². The molecule has 1 aromatic carbocycles. The van der Waals surface area contributed by atoms with E-state index < -0.39 is 0 Å². The summed E-state index contributed by atoms with van der Waals surface area (Å²) in [6.07, 6.45) is 0. The van der Waals surface area contributed by atoms with Crippen molar-refractivity contribution in [3.05, 3.63) is 28.2 Å². The Labute approximate surface area is 128 Å². The van der Waals surface area contributed by atoms with Crippen molar-refractivity contribution in [3.63, 3.8) is 0 Å². The minimum atomic E-state index is 0.0468. The summed E-state index contributed by atoms with van der Waals surface area (Å²) in [6, 6.07) is 5.94. The van der Waals surface area contributed by atoms with Crippen LogP contribution in [0.5, 0.6) is 5.75 Å². The van der Waals surface area contributed by atoms with Crippen molar-refractivity contribution in [2.24, 2.45) is 5.92 Å². The van der Waals surface area contributed by atoms with Crippen molar-refractivity contribution >= 4 is 21.8 Å². The summed E-state index contributed by atoms with van der Waals surface area (Å²) in [4.78, 5) is 16.8. The number of amides is 1. The summed E-state index contributed by atoms with van der Waals surface area (Å²) in [6.45, 7) is 3.75. The molecule has 1 aromatic rings. The summed E-state index contributed by atoms with van der Waals surface area (Å²) >= 11 is 3.40. The monoisotopic (exact) mass is 340 g/mol. The average molecular weight is 341 g/mol. The van der Waals surface area contributed by atoms with Crippen molar-refractivity contribution < 1.29 is 9.53 Å². The molecule has 2 unspecified atom stereocenters. The van der Waals surface area contributed by atoms with Gasteiger partial charge in [0, 0.05) is 23.6 Å². The number of halogens is 1. The Morgan fingerprint density at radius 3 is 2.65 bits per heavy atom. The number of hydrogen-bond acceptors (Lipinski definition) is 3. The van der Waals surface area contributed by atoms with Crippen LogP contribution in [0.15, 0.2) is 22.7 Å². The first-order valence-corrected chi connectivity index (χ1v) is 7.52. The fraction of sp³-hybridized carbons (Fsp3) is 0.533. The Balaban J connectivity index is 2.21. The number of carbonyl (C=O) groups is 1. The largest absolute Gasteiger partial charge is 0.496 e. The Hall–Kier alpha value is -1.07. The molecule has 2 rings (SSSR count). The fourth-order valence-corrected chi connectivity index (χ4v) is 3.14. The van der Waals surface area contributed by atoms with Gasteiger partial charge >= 0.3 is 0 Å². The number of likely N-dealkylation sites (tertiary alicyclic amines) is 1. The second kappa shape index (κ2) is 6.14. The van der Waals surface area contributed by atoms with Crippen LogP contribution in [0, 0.1) is 5.92 Å². The van der Waals surface area contributed by atoms with Gasteiger partial charge in [0.15, 0.2) is 0 Å². The van der Waals surface area contributed by atoms with Crippen LogP contribution in [-0.4, -0.2) is 56.0 Å². The van der Waals surface area contributed by atoms with Crippen molar-refractivity contribution in [3.8, 4) is 5.75 Å². The number of carbonyl (C=O) groups excluding carboxylic acids is 1. The van der Waals surface area contributed by atoms with E-state index in [0.717, 1.165) is 17.6 Å². The number of ether oxygens (including phenoxy) is 1. The zero-order valence-electron chi connectivity index (χ0n) is 12.4. The number of hydrogen-bond donors (Lipinski definition) is 0. The van der Waals surface area contributed by atoms with E-state index in [1.165, 1.54) is 0 Å². The van der Waals surface area contributed by atoms with Gasteiger partial charge < -0.3 is 14.5 Å². The number of rotatable bonds is 3. The molecule has 5 heteroatoms. The first kappa shape index (κ1) is 15.3. The molecule has 0 aromatic heterocycles. The highest BCUT2D eigenvalue weighted by Crippen LogP contribution is 2.27. The number of methoxy groups -OCH3 is 1. The van der Waals surface area contributed by atoms with Gasteiger partial charge in [-0.1, -0.05) is 22.9 Å². The lowest BCUT2D eigenvalue weighted by atomic mass is 10.1. The van der Waals surface area contributed by atoms with Gasteiger partial charge in [0.05, 0.1) is 12.7 Å². The maximum Gasteiger partial charge on any atom is 0.257 e. The Morgan fingerprint density at radius 1 is 1.40 bits per heavy atom. The average Bonchev–Trinajstić information content (AvgIpc) is 2.80. The Bertz CT molecular complexity index is 505. The van der Waals surface area contributed by atoms with Crippen molar-refractivity contribution in [2.75, 3.05) is 34.3 Å². The molecule has 1 heterocycles. The van der Waals surface area contributed by atoms with Gasteiger partial charge in [-0.3, -0.25) is 4.79 Å². The summed E-state index contributed by atoms with van der Waals surface area (Å²) < 4.78 is 6.23. The lowest BCUT2D eigenvalue weighted by Gasteiger charge is -2.22. The molecule has 1 aliphatic heterocycles.